The maximum atomic E-state index is 10.8. The van der Waals surface area contributed by atoms with Gasteiger partial charge in [-0.3, -0.25) is 4.79 Å². The van der Waals surface area contributed by atoms with Crippen LogP contribution < -0.4 is 10.1 Å². The summed E-state index contributed by atoms with van der Waals surface area (Å²) >= 11 is 0. The summed E-state index contributed by atoms with van der Waals surface area (Å²) < 4.78 is 5.62. The van der Waals surface area contributed by atoms with Crippen molar-refractivity contribution in [3.8, 4) is 17.6 Å². The van der Waals surface area contributed by atoms with E-state index in [4.69, 9.17) is 4.74 Å². The molecule has 2 aromatic rings. The molecule has 3 nitrogen and oxygen atoms in total. The molecule has 0 radical (unpaired) electrons. The first-order chi connectivity index (χ1) is 11.5. The standard InChI is InChI=1S/C21H23NO2/c1-16(2)24-21-12-10-19(11-13-21)5-4-18-6-8-20(9-7-18)14-15-22-17(3)23/h6-13,16H,14-15H2,1-3H3,(H,22,23). The Kier molecular flexibility index (Phi) is 6.45. The van der Waals surface area contributed by atoms with Crippen molar-refractivity contribution in [1.82, 2.24) is 5.32 Å². The van der Waals surface area contributed by atoms with Crippen LogP contribution in [0, 0.1) is 11.8 Å². The summed E-state index contributed by atoms with van der Waals surface area (Å²) in [5, 5.41) is 2.79. The largest absolute Gasteiger partial charge is 0.491 e. The second kappa shape index (κ2) is 8.79. The Morgan fingerprint density at radius 2 is 1.54 bits per heavy atom. The van der Waals surface area contributed by atoms with Gasteiger partial charge in [-0.25, -0.2) is 0 Å². The lowest BCUT2D eigenvalue weighted by atomic mass is 10.1. The highest BCUT2D eigenvalue weighted by atomic mass is 16.5. The lowest BCUT2D eigenvalue weighted by Crippen LogP contribution is -2.22. The Hall–Kier alpha value is -2.73. The summed E-state index contributed by atoms with van der Waals surface area (Å²) in [5.74, 6) is 7.18. The van der Waals surface area contributed by atoms with E-state index in [1.54, 1.807) is 0 Å². The summed E-state index contributed by atoms with van der Waals surface area (Å²) in [6, 6.07) is 15.9. The molecule has 24 heavy (non-hydrogen) atoms. The highest BCUT2D eigenvalue weighted by Crippen LogP contribution is 2.13. The third-order valence-corrected chi connectivity index (χ3v) is 3.32. The van der Waals surface area contributed by atoms with Gasteiger partial charge < -0.3 is 10.1 Å². The van der Waals surface area contributed by atoms with Crippen LogP contribution in [0.1, 0.15) is 37.5 Å². The molecule has 2 rings (SSSR count). The molecule has 0 atom stereocenters. The lowest BCUT2D eigenvalue weighted by molar-refractivity contribution is -0.118. The van der Waals surface area contributed by atoms with Crippen LogP contribution >= 0.6 is 0 Å². The van der Waals surface area contributed by atoms with E-state index in [0.29, 0.717) is 6.54 Å². The molecule has 0 aliphatic heterocycles. The SMILES string of the molecule is CC(=O)NCCc1ccc(C#Cc2ccc(OC(C)C)cc2)cc1. The Balaban J connectivity index is 1.94. The quantitative estimate of drug-likeness (QED) is 0.855. The van der Waals surface area contributed by atoms with Crippen molar-refractivity contribution in [2.75, 3.05) is 6.54 Å². The molecule has 0 aliphatic rings. The van der Waals surface area contributed by atoms with E-state index in [2.05, 4.69) is 17.2 Å². The molecule has 0 saturated heterocycles. The molecular weight excluding hydrogens is 298 g/mol. The predicted octanol–water partition coefficient (Wildman–Crippen LogP) is 3.55. The number of carbonyl (C=O) groups excluding carboxylic acids is 1. The third-order valence-electron chi connectivity index (χ3n) is 3.32. The summed E-state index contributed by atoms with van der Waals surface area (Å²) in [5.41, 5.74) is 3.12. The molecule has 0 saturated carbocycles. The molecule has 3 heteroatoms. The molecule has 1 N–H and O–H groups in total. The molecule has 124 valence electrons. The fourth-order valence-corrected chi connectivity index (χ4v) is 2.17. The summed E-state index contributed by atoms with van der Waals surface area (Å²) in [7, 11) is 0. The van der Waals surface area contributed by atoms with Crippen LogP contribution in [0.3, 0.4) is 0 Å². The maximum Gasteiger partial charge on any atom is 0.216 e. The van der Waals surface area contributed by atoms with E-state index in [0.717, 1.165) is 23.3 Å². The molecule has 0 aliphatic carbocycles. The minimum atomic E-state index is 0.00213. The summed E-state index contributed by atoms with van der Waals surface area (Å²) in [6.07, 6.45) is 0.996. The monoisotopic (exact) mass is 321 g/mol. The number of benzene rings is 2. The van der Waals surface area contributed by atoms with Crippen LogP contribution in [0.15, 0.2) is 48.5 Å². The zero-order valence-electron chi connectivity index (χ0n) is 14.4. The predicted molar refractivity (Wildman–Crippen MR) is 97.0 cm³/mol. The van der Waals surface area contributed by atoms with Gasteiger partial charge in [-0.15, -0.1) is 0 Å². The fraction of sp³-hybridized carbons (Fsp3) is 0.286. The first kappa shape index (κ1) is 17.6. The molecule has 1 amide bonds. The van der Waals surface area contributed by atoms with Gasteiger partial charge in [0.1, 0.15) is 5.75 Å². The van der Waals surface area contributed by atoms with E-state index < -0.39 is 0 Å². The molecule has 0 spiro atoms. The van der Waals surface area contributed by atoms with Crippen LogP contribution in [-0.2, 0) is 11.2 Å². The second-order valence-electron chi connectivity index (χ2n) is 5.87. The molecule has 0 bridgehead atoms. The smallest absolute Gasteiger partial charge is 0.216 e. The van der Waals surface area contributed by atoms with Gasteiger partial charge in [0, 0.05) is 24.6 Å². The van der Waals surface area contributed by atoms with Gasteiger partial charge in [-0.1, -0.05) is 24.0 Å². The molecule has 0 aromatic heterocycles. The number of amides is 1. The fourth-order valence-electron chi connectivity index (χ4n) is 2.17. The van der Waals surface area contributed by atoms with E-state index in [1.165, 1.54) is 12.5 Å². The van der Waals surface area contributed by atoms with Gasteiger partial charge in [0.15, 0.2) is 0 Å². The topological polar surface area (TPSA) is 38.3 Å². The first-order valence-electron chi connectivity index (χ1n) is 8.15. The number of nitrogens with one attached hydrogen (secondary N) is 1. The van der Waals surface area contributed by atoms with Crippen molar-refractivity contribution >= 4 is 5.91 Å². The molecular formula is C21H23NO2. The average Bonchev–Trinajstić information content (AvgIpc) is 2.54. The lowest BCUT2D eigenvalue weighted by Gasteiger charge is -2.08. The van der Waals surface area contributed by atoms with E-state index in [1.807, 2.05) is 62.4 Å². The molecule has 0 fully saturated rings. The maximum absolute atomic E-state index is 10.8. The minimum Gasteiger partial charge on any atom is -0.491 e. The summed E-state index contributed by atoms with van der Waals surface area (Å²) in [6.45, 7) is 6.20. The first-order valence-corrected chi connectivity index (χ1v) is 8.15. The Morgan fingerprint density at radius 3 is 2.04 bits per heavy atom. The van der Waals surface area contributed by atoms with Crippen molar-refractivity contribution in [3.63, 3.8) is 0 Å². The van der Waals surface area contributed by atoms with Gasteiger partial charge in [0.05, 0.1) is 6.10 Å². The van der Waals surface area contributed by atoms with Gasteiger partial charge in [0.25, 0.3) is 0 Å². The number of carbonyl (C=O) groups is 1. The van der Waals surface area contributed by atoms with Crippen molar-refractivity contribution < 1.29 is 9.53 Å². The van der Waals surface area contributed by atoms with Crippen LogP contribution in [0.25, 0.3) is 0 Å². The zero-order chi connectivity index (χ0) is 17.4. The highest BCUT2D eigenvalue weighted by Gasteiger charge is 1.97. The van der Waals surface area contributed by atoms with Gasteiger partial charge >= 0.3 is 0 Å². The van der Waals surface area contributed by atoms with E-state index in [9.17, 15) is 4.79 Å². The van der Waals surface area contributed by atoms with Crippen molar-refractivity contribution in [2.24, 2.45) is 0 Å². The van der Waals surface area contributed by atoms with Crippen molar-refractivity contribution in [2.45, 2.75) is 33.3 Å². The zero-order valence-corrected chi connectivity index (χ0v) is 14.4. The van der Waals surface area contributed by atoms with Crippen LogP contribution in [-0.4, -0.2) is 18.6 Å². The van der Waals surface area contributed by atoms with Crippen LogP contribution in [0.5, 0.6) is 5.75 Å². The van der Waals surface area contributed by atoms with E-state index in [-0.39, 0.29) is 12.0 Å². The molecule has 0 heterocycles. The van der Waals surface area contributed by atoms with E-state index >= 15 is 0 Å². The highest BCUT2D eigenvalue weighted by molar-refractivity contribution is 5.72. The average molecular weight is 321 g/mol. The second-order valence-corrected chi connectivity index (χ2v) is 5.87. The van der Waals surface area contributed by atoms with Gasteiger partial charge in [-0.2, -0.15) is 0 Å². The Morgan fingerprint density at radius 1 is 1.00 bits per heavy atom. The van der Waals surface area contributed by atoms with Crippen molar-refractivity contribution in [1.29, 1.82) is 0 Å². The third kappa shape index (κ3) is 6.18. The number of hydrogen-bond donors (Lipinski definition) is 1. The van der Waals surface area contributed by atoms with Gasteiger partial charge in [-0.05, 0) is 62.2 Å². The van der Waals surface area contributed by atoms with Crippen molar-refractivity contribution in [3.05, 3.63) is 65.2 Å². The van der Waals surface area contributed by atoms with Crippen LogP contribution in [0.2, 0.25) is 0 Å². The number of hydrogen-bond acceptors (Lipinski definition) is 2. The number of rotatable bonds is 5. The molecule has 0 unspecified atom stereocenters. The van der Waals surface area contributed by atoms with Gasteiger partial charge in [0.2, 0.25) is 5.91 Å². The van der Waals surface area contributed by atoms with Crippen LogP contribution in [0.4, 0.5) is 0 Å². The normalized spacial score (nSPS) is 10.0. The Bertz CT molecular complexity index is 719. The summed E-state index contributed by atoms with van der Waals surface area (Å²) in [4.78, 5) is 10.8. The minimum absolute atomic E-state index is 0.00213. The number of ether oxygens (including phenoxy) is 1. The Labute approximate surface area is 144 Å². The molecule has 2 aromatic carbocycles.